The van der Waals surface area contributed by atoms with Gasteiger partial charge in [-0.25, -0.2) is 0 Å². The van der Waals surface area contributed by atoms with Gasteiger partial charge in [0.05, 0.1) is 0 Å². The highest BCUT2D eigenvalue weighted by Gasteiger charge is 2.24. The summed E-state index contributed by atoms with van der Waals surface area (Å²) >= 11 is 0. The maximum atomic E-state index is 9.52. The molecule has 0 saturated carbocycles. The van der Waals surface area contributed by atoms with E-state index in [1.54, 1.807) is 12.1 Å². The van der Waals surface area contributed by atoms with Crippen molar-refractivity contribution < 1.29 is 14.6 Å². The van der Waals surface area contributed by atoms with Crippen LogP contribution in [0.25, 0.3) is 11.6 Å². The molecule has 0 amide bonds. The molecular formula is C24H23NO3. The zero-order chi connectivity index (χ0) is 19.1. The number of aromatic hydroxyl groups is 1. The van der Waals surface area contributed by atoms with Crippen molar-refractivity contribution >= 4 is 11.6 Å². The van der Waals surface area contributed by atoms with E-state index in [4.69, 9.17) is 9.47 Å². The molecule has 0 fully saturated rings. The Labute approximate surface area is 165 Å². The Morgan fingerprint density at radius 3 is 2.75 bits per heavy atom. The molecule has 3 aliphatic rings. The largest absolute Gasteiger partial charge is 0.508 e. The second-order valence-corrected chi connectivity index (χ2v) is 7.70. The summed E-state index contributed by atoms with van der Waals surface area (Å²) in [5.41, 5.74) is 5.75. The number of ether oxygens (including phenoxy) is 2. The van der Waals surface area contributed by atoms with E-state index >= 15 is 0 Å². The van der Waals surface area contributed by atoms with Gasteiger partial charge in [-0.3, -0.25) is 0 Å². The summed E-state index contributed by atoms with van der Waals surface area (Å²) < 4.78 is 12.0. The van der Waals surface area contributed by atoms with Gasteiger partial charge >= 0.3 is 0 Å². The molecule has 0 spiro atoms. The summed E-state index contributed by atoms with van der Waals surface area (Å²) in [6.45, 7) is 4.18. The second kappa shape index (κ2) is 6.79. The van der Waals surface area contributed by atoms with Crippen LogP contribution in [0.5, 0.6) is 17.2 Å². The summed E-state index contributed by atoms with van der Waals surface area (Å²) in [6.07, 6.45) is 9.81. The first kappa shape index (κ1) is 17.0. The molecule has 2 aromatic rings. The molecule has 1 unspecified atom stereocenters. The van der Waals surface area contributed by atoms with Crippen molar-refractivity contribution in [2.75, 3.05) is 13.3 Å². The number of fused-ring (bicyclic) bond motifs is 2. The van der Waals surface area contributed by atoms with Gasteiger partial charge < -0.3 is 19.5 Å². The van der Waals surface area contributed by atoms with E-state index in [1.165, 1.54) is 11.3 Å². The predicted molar refractivity (Wildman–Crippen MR) is 110 cm³/mol. The fourth-order valence-electron chi connectivity index (χ4n) is 3.99. The van der Waals surface area contributed by atoms with Crippen LogP contribution in [0.4, 0.5) is 0 Å². The third-order valence-electron chi connectivity index (χ3n) is 5.55. The van der Waals surface area contributed by atoms with Crippen LogP contribution in [0.2, 0.25) is 0 Å². The molecule has 1 aliphatic carbocycles. The second-order valence-electron chi connectivity index (χ2n) is 7.70. The fraction of sp³-hybridized carbons (Fsp3) is 0.250. The van der Waals surface area contributed by atoms with Crippen molar-refractivity contribution in [3.8, 4) is 17.2 Å². The molecule has 4 nitrogen and oxygen atoms in total. The molecule has 1 N–H and O–H groups in total. The number of phenolic OH excluding ortho intramolecular Hbond substituents is 1. The van der Waals surface area contributed by atoms with Crippen LogP contribution in [-0.4, -0.2) is 23.3 Å². The highest BCUT2D eigenvalue weighted by Crippen LogP contribution is 2.39. The molecule has 4 heteroatoms. The maximum Gasteiger partial charge on any atom is 0.161 e. The van der Waals surface area contributed by atoms with Gasteiger partial charge in [0, 0.05) is 29.4 Å². The lowest BCUT2D eigenvalue weighted by atomic mass is 9.97. The Hall–Kier alpha value is -3.14. The van der Waals surface area contributed by atoms with E-state index in [1.807, 2.05) is 18.2 Å². The summed E-state index contributed by atoms with van der Waals surface area (Å²) in [5, 5.41) is 9.52. The van der Waals surface area contributed by atoms with E-state index in [0.29, 0.717) is 19.3 Å². The van der Waals surface area contributed by atoms with Crippen LogP contribution in [0.15, 0.2) is 60.3 Å². The number of hydrogen-bond acceptors (Lipinski definition) is 4. The molecule has 0 bridgehead atoms. The first-order chi connectivity index (χ1) is 13.7. The van der Waals surface area contributed by atoms with E-state index in [-0.39, 0.29) is 5.75 Å². The summed E-state index contributed by atoms with van der Waals surface area (Å²) in [6, 6.07) is 11.4. The van der Waals surface area contributed by atoms with E-state index in [2.05, 4.69) is 42.2 Å². The lowest BCUT2D eigenvalue weighted by molar-refractivity contribution is 0.122. The SMILES string of the molecule is CC1C=CC=C(N2COc3cc4c(cc3C2)C=C(c2ccc(O)cc2)CO4)C1. The van der Waals surface area contributed by atoms with Crippen molar-refractivity contribution in [2.24, 2.45) is 5.92 Å². The highest BCUT2D eigenvalue weighted by molar-refractivity contribution is 5.86. The van der Waals surface area contributed by atoms with Gasteiger partial charge in [0.15, 0.2) is 6.73 Å². The smallest absolute Gasteiger partial charge is 0.161 e. The number of nitrogens with zero attached hydrogens (tertiary/aromatic N) is 1. The average molecular weight is 373 g/mol. The lowest BCUT2D eigenvalue weighted by Crippen LogP contribution is -2.32. The molecule has 0 aromatic heterocycles. The van der Waals surface area contributed by atoms with Crippen molar-refractivity contribution in [1.29, 1.82) is 0 Å². The zero-order valence-electron chi connectivity index (χ0n) is 15.9. The van der Waals surface area contributed by atoms with E-state index in [9.17, 15) is 5.11 Å². The lowest BCUT2D eigenvalue weighted by Gasteiger charge is -2.34. The minimum absolute atomic E-state index is 0.272. The van der Waals surface area contributed by atoms with Gasteiger partial charge in [0.1, 0.15) is 23.9 Å². The zero-order valence-corrected chi connectivity index (χ0v) is 15.9. The van der Waals surface area contributed by atoms with Crippen molar-refractivity contribution in [3.05, 3.63) is 77.0 Å². The fourth-order valence-corrected chi connectivity index (χ4v) is 3.99. The standard InChI is InChI=1S/C24H23NO3/c1-16-3-2-4-21(9-16)25-13-19-10-18-11-20(17-5-7-22(26)8-6-17)14-27-23(18)12-24(19)28-15-25/h2-8,10-12,16,26H,9,13-15H2,1H3. The maximum absolute atomic E-state index is 9.52. The molecule has 2 heterocycles. The molecule has 2 aromatic carbocycles. The van der Waals surface area contributed by atoms with Crippen molar-refractivity contribution in [1.82, 2.24) is 4.90 Å². The Morgan fingerprint density at radius 1 is 1.07 bits per heavy atom. The third kappa shape index (κ3) is 3.15. The quantitative estimate of drug-likeness (QED) is 0.808. The van der Waals surface area contributed by atoms with Crippen LogP contribution < -0.4 is 9.47 Å². The molecule has 142 valence electrons. The first-order valence-electron chi connectivity index (χ1n) is 9.70. The Bertz CT molecular complexity index is 1000. The van der Waals surface area contributed by atoms with Crippen LogP contribution in [0.3, 0.4) is 0 Å². The van der Waals surface area contributed by atoms with Gasteiger partial charge in [0.2, 0.25) is 0 Å². The van der Waals surface area contributed by atoms with Crippen LogP contribution in [-0.2, 0) is 6.54 Å². The Morgan fingerprint density at radius 2 is 1.93 bits per heavy atom. The first-order valence-corrected chi connectivity index (χ1v) is 9.70. The van der Waals surface area contributed by atoms with Crippen molar-refractivity contribution in [3.63, 3.8) is 0 Å². The Balaban J connectivity index is 1.44. The molecule has 2 aliphatic heterocycles. The summed E-state index contributed by atoms with van der Waals surface area (Å²) in [5.74, 6) is 2.61. The number of benzene rings is 2. The molecule has 1 atom stereocenters. The van der Waals surface area contributed by atoms with Gasteiger partial charge in [0.25, 0.3) is 0 Å². The third-order valence-corrected chi connectivity index (χ3v) is 5.55. The molecule has 28 heavy (non-hydrogen) atoms. The number of hydrogen-bond donors (Lipinski definition) is 1. The van der Waals surface area contributed by atoms with Gasteiger partial charge in [-0.2, -0.15) is 0 Å². The van der Waals surface area contributed by atoms with Crippen molar-refractivity contribution in [2.45, 2.75) is 19.9 Å². The molecule has 5 rings (SSSR count). The number of phenols is 1. The normalized spacial score (nSPS) is 20.3. The molecular weight excluding hydrogens is 350 g/mol. The minimum atomic E-state index is 0.272. The van der Waals surface area contributed by atoms with Gasteiger partial charge in [-0.05, 0) is 53.8 Å². The monoisotopic (exact) mass is 373 g/mol. The van der Waals surface area contributed by atoms with Gasteiger partial charge in [-0.1, -0.05) is 31.2 Å². The van der Waals surface area contributed by atoms with E-state index < -0.39 is 0 Å². The number of allylic oxidation sites excluding steroid dienone is 4. The molecule has 0 radical (unpaired) electrons. The van der Waals surface area contributed by atoms with Crippen LogP contribution >= 0.6 is 0 Å². The summed E-state index contributed by atoms with van der Waals surface area (Å²) in [7, 11) is 0. The van der Waals surface area contributed by atoms with Crippen LogP contribution in [0.1, 0.15) is 30.0 Å². The average Bonchev–Trinajstić information content (AvgIpc) is 2.72. The van der Waals surface area contributed by atoms with E-state index in [0.717, 1.165) is 41.2 Å². The Kier molecular flexibility index (Phi) is 4.12. The predicted octanol–water partition coefficient (Wildman–Crippen LogP) is 4.96. The topological polar surface area (TPSA) is 41.9 Å². The minimum Gasteiger partial charge on any atom is -0.508 e. The molecule has 0 saturated heterocycles. The van der Waals surface area contributed by atoms with Crippen LogP contribution in [0, 0.1) is 5.92 Å². The summed E-state index contributed by atoms with van der Waals surface area (Å²) in [4.78, 5) is 2.31. The highest BCUT2D eigenvalue weighted by atomic mass is 16.5. The number of rotatable bonds is 2. The van der Waals surface area contributed by atoms with Gasteiger partial charge in [-0.15, -0.1) is 0 Å².